The number of amides is 1. The van der Waals surface area contributed by atoms with Crippen LogP contribution in [0.2, 0.25) is 0 Å². The minimum atomic E-state index is -0.343. The topological polar surface area (TPSA) is 102 Å². The lowest BCUT2D eigenvalue weighted by atomic mass is 10.2. The van der Waals surface area contributed by atoms with Crippen LogP contribution in [0.1, 0.15) is 16.1 Å². The van der Waals surface area contributed by atoms with Gasteiger partial charge >= 0.3 is 0 Å². The number of aromatic nitrogens is 2. The fourth-order valence-corrected chi connectivity index (χ4v) is 1.63. The second-order valence-electron chi connectivity index (χ2n) is 3.98. The van der Waals surface area contributed by atoms with Crippen molar-refractivity contribution in [2.24, 2.45) is 5.84 Å². The molecule has 0 aliphatic carbocycles. The van der Waals surface area contributed by atoms with Crippen LogP contribution in [-0.4, -0.2) is 23.0 Å². The minimum absolute atomic E-state index is 0.205. The first kappa shape index (κ1) is 13.9. The van der Waals surface area contributed by atoms with Crippen molar-refractivity contribution < 1.29 is 9.53 Å². The number of hydrazine groups is 1. The van der Waals surface area contributed by atoms with E-state index >= 15 is 0 Å². The Labute approximate surface area is 116 Å². The van der Waals surface area contributed by atoms with E-state index in [0.717, 1.165) is 5.56 Å². The van der Waals surface area contributed by atoms with Crippen molar-refractivity contribution in [2.45, 2.75) is 6.61 Å². The molecule has 4 N–H and O–H groups in total. The molecule has 7 heteroatoms. The highest BCUT2D eigenvalue weighted by Gasteiger charge is 2.10. The lowest BCUT2D eigenvalue weighted by molar-refractivity contribution is 0.102. The largest absolute Gasteiger partial charge is 0.380 e. The number of benzene rings is 1. The smallest absolute Gasteiger partial charge is 0.275 e. The quantitative estimate of drug-likeness (QED) is 0.558. The maximum atomic E-state index is 12.1. The number of carbonyl (C=O) groups excluding carboxylic acids is 1. The molecule has 1 heterocycles. The van der Waals surface area contributed by atoms with Crippen molar-refractivity contribution in [1.29, 1.82) is 0 Å². The van der Waals surface area contributed by atoms with Crippen LogP contribution in [0.15, 0.2) is 36.7 Å². The fraction of sp³-hybridized carbons (Fsp3) is 0.154. The third kappa shape index (κ3) is 3.28. The molecule has 0 saturated heterocycles. The maximum Gasteiger partial charge on any atom is 0.275 e. The van der Waals surface area contributed by atoms with Crippen LogP contribution in [0, 0.1) is 0 Å². The van der Waals surface area contributed by atoms with Gasteiger partial charge in [0, 0.05) is 18.4 Å². The second-order valence-corrected chi connectivity index (χ2v) is 3.98. The normalized spacial score (nSPS) is 10.1. The van der Waals surface area contributed by atoms with Gasteiger partial charge in [0.05, 0.1) is 19.0 Å². The van der Waals surface area contributed by atoms with Gasteiger partial charge in [-0.15, -0.1) is 0 Å². The van der Waals surface area contributed by atoms with Crippen molar-refractivity contribution in [2.75, 3.05) is 17.9 Å². The van der Waals surface area contributed by atoms with Gasteiger partial charge in [-0.2, -0.15) is 0 Å². The minimum Gasteiger partial charge on any atom is -0.380 e. The molecular weight excluding hydrogens is 258 g/mol. The summed E-state index contributed by atoms with van der Waals surface area (Å²) in [7, 11) is 1.60. The molecule has 0 spiro atoms. The lowest BCUT2D eigenvalue weighted by Gasteiger charge is -2.10. The van der Waals surface area contributed by atoms with Gasteiger partial charge in [-0.3, -0.25) is 4.79 Å². The Morgan fingerprint density at radius 1 is 1.30 bits per heavy atom. The Kier molecular flexibility index (Phi) is 4.59. The number of nitrogens with two attached hydrogens (primary N) is 1. The summed E-state index contributed by atoms with van der Waals surface area (Å²) < 4.78 is 5.08. The Hall–Kier alpha value is -2.51. The molecule has 0 atom stereocenters. The number of anilines is 2. The summed E-state index contributed by atoms with van der Waals surface area (Å²) >= 11 is 0. The van der Waals surface area contributed by atoms with Crippen LogP contribution in [0.3, 0.4) is 0 Å². The van der Waals surface area contributed by atoms with Crippen molar-refractivity contribution in [3.63, 3.8) is 0 Å². The molecule has 0 aliphatic heterocycles. The molecule has 0 saturated carbocycles. The number of methoxy groups -OCH3 is 1. The number of hydrogen-bond acceptors (Lipinski definition) is 6. The van der Waals surface area contributed by atoms with Crippen molar-refractivity contribution in [3.8, 4) is 0 Å². The molecule has 7 nitrogen and oxygen atoms in total. The highest BCUT2D eigenvalue weighted by molar-refractivity contribution is 6.03. The third-order valence-electron chi connectivity index (χ3n) is 2.60. The zero-order valence-electron chi connectivity index (χ0n) is 11.0. The monoisotopic (exact) mass is 273 g/mol. The third-order valence-corrected chi connectivity index (χ3v) is 2.60. The molecule has 1 amide bonds. The highest BCUT2D eigenvalue weighted by atomic mass is 16.5. The van der Waals surface area contributed by atoms with E-state index < -0.39 is 0 Å². The van der Waals surface area contributed by atoms with E-state index in [2.05, 4.69) is 20.7 Å². The van der Waals surface area contributed by atoms with E-state index in [4.69, 9.17) is 10.6 Å². The van der Waals surface area contributed by atoms with Crippen LogP contribution in [0.5, 0.6) is 0 Å². The van der Waals surface area contributed by atoms with Crippen LogP contribution < -0.4 is 16.6 Å². The van der Waals surface area contributed by atoms with Gasteiger partial charge in [0.1, 0.15) is 5.69 Å². The molecule has 0 unspecified atom stereocenters. The summed E-state index contributed by atoms with van der Waals surface area (Å²) in [6.07, 6.45) is 2.74. The summed E-state index contributed by atoms with van der Waals surface area (Å²) in [6.45, 7) is 0.415. The van der Waals surface area contributed by atoms with Crippen molar-refractivity contribution >= 4 is 17.4 Å². The number of hydrogen-bond donors (Lipinski definition) is 3. The molecule has 0 aliphatic rings. The van der Waals surface area contributed by atoms with E-state index in [0.29, 0.717) is 18.1 Å². The molecule has 2 rings (SSSR count). The van der Waals surface area contributed by atoms with Crippen LogP contribution in [0.4, 0.5) is 11.5 Å². The molecule has 20 heavy (non-hydrogen) atoms. The number of nitrogen functional groups attached to an aromatic ring is 1. The Bertz CT molecular complexity index is 586. The molecule has 0 bridgehead atoms. The zero-order chi connectivity index (χ0) is 14.4. The molecule has 1 aromatic carbocycles. The summed E-state index contributed by atoms with van der Waals surface area (Å²) in [6, 6.07) is 7.40. The van der Waals surface area contributed by atoms with Crippen LogP contribution in [0.25, 0.3) is 0 Å². The SMILES string of the molecule is COCc1ccccc1NC(=O)c1cnc(NN)cn1. The van der Waals surface area contributed by atoms with Crippen LogP contribution >= 0.6 is 0 Å². The Balaban J connectivity index is 2.14. The molecule has 104 valence electrons. The molecule has 0 radical (unpaired) electrons. The average molecular weight is 273 g/mol. The summed E-state index contributed by atoms with van der Waals surface area (Å²) in [5.41, 5.74) is 4.12. The van der Waals surface area contributed by atoms with Gasteiger partial charge < -0.3 is 15.5 Å². The Morgan fingerprint density at radius 2 is 2.10 bits per heavy atom. The number of nitrogens with zero attached hydrogens (tertiary/aromatic N) is 2. The van der Waals surface area contributed by atoms with E-state index in [9.17, 15) is 4.79 Å². The van der Waals surface area contributed by atoms with E-state index in [1.165, 1.54) is 12.4 Å². The van der Waals surface area contributed by atoms with Gasteiger partial charge in [-0.1, -0.05) is 18.2 Å². The number of rotatable bonds is 5. The number of ether oxygens (including phenoxy) is 1. The van der Waals surface area contributed by atoms with E-state index in [1.807, 2.05) is 18.2 Å². The summed E-state index contributed by atoms with van der Waals surface area (Å²) in [5, 5.41) is 2.78. The summed E-state index contributed by atoms with van der Waals surface area (Å²) in [4.78, 5) is 20.0. The predicted octanol–water partition coefficient (Wildman–Crippen LogP) is 1.16. The van der Waals surface area contributed by atoms with Gasteiger partial charge in [0.15, 0.2) is 5.82 Å². The first-order valence-corrected chi connectivity index (χ1v) is 5.91. The molecule has 0 fully saturated rings. The van der Waals surface area contributed by atoms with Gasteiger partial charge in [0.2, 0.25) is 0 Å². The van der Waals surface area contributed by atoms with E-state index in [-0.39, 0.29) is 11.6 Å². The van der Waals surface area contributed by atoms with Gasteiger partial charge in [0.25, 0.3) is 5.91 Å². The van der Waals surface area contributed by atoms with Crippen molar-refractivity contribution in [3.05, 3.63) is 47.9 Å². The lowest BCUT2D eigenvalue weighted by Crippen LogP contribution is -2.16. The highest BCUT2D eigenvalue weighted by Crippen LogP contribution is 2.16. The maximum absolute atomic E-state index is 12.1. The number of para-hydroxylation sites is 1. The first-order chi connectivity index (χ1) is 9.74. The molecular formula is C13H15N5O2. The van der Waals surface area contributed by atoms with Crippen LogP contribution in [-0.2, 0) is 11.3 Å². The Morgan fingerprint density at radius 3 is 2.75 bits per heavy atom. The number of nitrogens with one attached hydrogen (secondary N) is 2. The summed E-state index contributed by atoms with van der Waals surface area (Å²) in [5.74, 6) is 5.23. The van der Waals surface area contributed by atoms with E-state index in [1.54, 1.807) is 13.2 Å². The van der Waals surface area contributed by atoms with Crippen molar-refractivity contribution in [1.82, 2.24) is 9.97 Å². The fourth-order valence-electron chi connectivity index (χ4n) is 1.63. The standard InChI is InChI=1S/C13H15N5O2/c1-20-8-9-4-2-3-5-10(9)17-13(19)11-6-16-12(18-14)7-15-11/h2-7H,8,14H2,1H3,(H,16,18)(H,17,19). The zero-order valence-corrected chi connectivity index (χ0v) is 11.0. The number of carbonyl (C=O) groups is 1. The predicted molar refractivity (Wildman–Crippen MR) is 75.0 cm³/mol. The second kappa shape index (κ2) is 6.60. The van der Waals surface area contributed by atoms with Gasteiger partial charge in [-0.25, -0.2) is 15.8 Å². The average Bonchev–Trinajstić information content (AvgIpc) is 2.49. The van der Waals surface area contributed by atoms with Gasteiger partial charge in [-0.05, 0) is 6.07 Å². The molecule has 1 aromatic heterocycles. The molecule has 2 aromatic rings. The first-order valence-electron chi connectivity index (χ1n) is 5.91.